The van der Waals surface area contributed by atoms with Crippen LogP contribution in [0.4, 0.5) is 0 Å². The number of nitrogens with zero attached hydrogens (tertiary/aromatic N) is 1. The molecule has 7 heteroatoms. The standard InChI is InChI=1S/C30H28N2O5/c1-3-37-25-16-20(12-13-24(25)33)27-26(28(34)19-10-8-18(2)9-11-19)29(35)30(36)32(27)15-14-21-17-31-23-7-5-4-6-22(21)23/h4-13,16-17,27,31,33-34H,3,14-15H2,1-2H3/t27-/m0/s1. The van der Waals surface area contributed by atoms with Gasteiger partial charge in [-0.1, -0.05) is 54.1 Å². The van der Waals surface area contributed by atoms with Crippen LogP contribution in [0.2, 0.25) is 0 Å². The van der Waals surface area contributed by atoms with Gasteiger partial charge < -0.3 is 24.8 Å². The Balaban J connectivity index is 1.59. The van der Waals surface area contributed by atoms with Gasteiger partial charge in [-0.25, -0.2) is 0 Å². The van der Waals surface area contributed by atoms with E-state index in [2.05, 4.69) is 4.98 Å². The number of ketones is 1. The molecule has 37 heavy (non-hydrogen) atoms. The first-order valence-corrected chi connectivity index (χ1v) is 12.2. The van der Waals surface area contributed by atoms with Crippen LogP contribution in [-0.4, -0.2) is 44.9 Å². The highest BCUT2D eigenvalue weighted by atomic mass is 16.5. The zero-order valence-corrected chi connectivity index (χ0v) is 20.7. The third kappa shape index (κ3) is 4.44. The first kappa shape index (κ1) is 24.2. The molecule has 5 rings (SSSR count). The summed E-state index contributed by atoms with van der Waals surface area (Å²) >= 11 is 0. The number of aliphatic hydroxyl groups excluding tert-OH is 1. The van der Waals surface area contributed by atoms with Crippen LogP contribution >= 0.6 is 0 Å². The fraction of sp³-hybridized carbons (Fsp3) is 0.200. The largest absolute Gasteiger partial charge is 0.507 e. The summed E-state index contributed by atoms with van der Waals surface area (Å²) in [5.41, 5.74) is 4.06. The number of para-hydroxylation sites is 1. The predicted octanol–water partition coefficient (Wildman–Crippen LogP) is 5.25. The van der Waals surface area contributed by atoms with Crippen molar-refractivity contribution in [1.29, 1.82) is 0 Å². The van der Waals surface area contributed by atoms with Crippen molar-refractivity contribution in [1.82, 2.24) is 9.88 Å². The Kier molecular flexibility index (Phi) is 6.44. The van der Waals surface area contributed by atoms with E-state index in [4.69, 9.17) is 4.74 Å². The number of likely N-dealkylation sites (tertiary alicyclic amines) is 1. The van der Waals surface area contributed by atoms with Crippen LogP contribution in [0.1, 0.15) is 35.2 Å². The Morgan fingerprint density at radius 3 is 2.57 bits per heavy atom. The van der Waals surface area contributed by atoms with Crippen LogP contribution in [-0.2, 0) is 16.0 Å². The number of rotatable bonds is 7. The molecule has 1 fully saturated rings. The monoisotopic (exact) mass is 496 g/mol. The van der Waals surface area contributed by atoms with E-state index in [1.165, 1.54) is 11.0 Å². The maximum atomic E-state index is 13.3. The number of aryl methyl sites for hydroxylation is 1. The number of carbonyl (C=O) groups excluding carboxylic acids is 2. The predicted molar refractivity (Wildman–Crippen MR) is 141 cm³/mol. The number of aromatic amines is 1. The van der Waals surface area contributed by atoms with E-state index < -0.39 is 17.7 Å². The zero-order chi connectivity index (χ0) is 26.1. The number of carbonyl (C=O) groups is 2. The molecule has 0 unspecified atom stereocenters. The number of hydrogen-bond donors (Lipinski definition) is 3. The molecular formula is C30H28N2O5. The molecule has 0 saturated carbocycles. The summed E-state index contributed by atoms with van der Waals surface area (Å²) in [6.45, 7) is 4.32. The normalized spacial score (nSPS) is 17.0. The summed E-state index contributed by atoms with van der Waals surface area (Å²) in [5, 5.41) is 22.6. The zero-order valence-electron chi connectivity index (χ0n) is 20.7. The first-order chi connectivity index (χ1) is 17.9. The van der Waals surface area contributed by atoms with Crippen LogP contribution in [0.25, 0.3) is 16.7 Å². The van der Waals surface area contributed by atoms with E-state index >= 15 is 0 Å². The highest BCUT2D eigenvalue weighted by Gasteiger charge is 2.46. The molecule has 1 aliphatic heterocycles. The van der Waals surface area contributed by atoms with Gasteiger partial charge in [0.2, 0.25) is 0 Å². The number of ether oxygens (including phenoxy) is 1. The molecule has 0 bridgehead atoms. The number of aromatic nitrogens is 1. The summed E-state index contributed by atoms with van der Waals surface area (Å²) in [4.78, 5) is 31.4. The lowest BCUT2D eigenvalue weighted by molar-refractivity contribution is -0.139. The Morgan fingerprint density at radius 1 is 1.05 bits per heavy atom. The molecule has 2 heterocycles. The number of H-pyrrole nitrogens is 1. The average Bonchev–Trinajstić information content (AvgIpc) is 3.42. The molecule has 1 aromatic heterocycles. The number of hydrogen-bond acceptors (Lipinski definition) is 5. The smallest absolute Gasteiger partial charge is 0.295 e. The maximum Gasteiger partial charge on any atom is 0.295 e. The molecule has 7 nitrogen and oxygen atoms in total. The molecule has 4 aromatic rings. The molecule has 3 aromatic carbocycles. The number of amides is 1. The molecule has 0 aliphatic carbocycles. The third-order valence-corrected chi connectivity index (χ3v) is 6.76. The molecule has 1 amide bonds. The third-order valence-electron chi connectivity index (χ3n) is 6.76. The minimum atomic E-state index is -0.841. The number of fused-ring (bicyclic) bond motifs is 1. The Labute approximate surface area is 214 Å². The van der Waals surface area contributed by atoms with E-state index in [0.29, 0.717) is 24.2 Å². The molecule has 0 spiro atoms. The van der Waals surface area contributed by atoms with E-state index in [0.717, 1.165) is 22.0 Å². The van der Waals surface area contributed by atoms with Gasteiger partial charge in [0.15, 0.2) is 11.5 Å². The topological polar surface area (TPSA) is 103 Å². The van der Waals surface area contributed by atoms with Crippen molar-refractivity contribution in [2.45, 2.75) is 26.3 Å². The van der Waals surface area contributed by atoms with Crippen molar-refractivity contribution in [2.75, 3.05) is 13.2 Å². The highest BCUT2D eigenvalue weighted by molar-refractivity contribution is 6.46. The van der Waals surface area contributed by atoms with E-state index in [-0.39, 0.29) is 29.4 Å². The van der Waals surface area contributed by atoms with Crippen molar-refractivity contribution in [3.8, 4) is 11.5 Å². The minimum absolute atomic E-state index is 0.0147. The van der Waals surface area contributed by atoms with Gasteiger partial charge in [-0.05, 0) is 49.6 Å². The van der Waals surface area contributed by atoms with Crippen molar-refractivity contribution >= 4 is 28.4 Å². The summed E-state index contributed by atoms with van der Waals surface area (Å²) < 4.78 is 5.57. The fourth-order valence-corrected chi connectivity index (χ4v) is 4.88. The second-order valence-corrected chi connectivity index (χ2v) is 9.13. The van der Waals surface area contributed by atoms with Crippen molar-refractivity contribution in [3.05, 3.63) is 101 Å². The molecular weight excluding hydrogens is 468 g/mol. The van der Waals surface area contributed by atoms with E-state index in [1.807, 2.05) is 49.5 Å². The molecule has 3 N–H and O–H groups in total. The number of phenolic OH excluding ortho intramolecular Hbond substituents is 1. The van der Waals surface area contributed by atoms with Gasteiger partial charge in [-0.3, -0.25) is 9.59 Å². The van der Waals surface area contributed by atoms with Gasteiger partial charge in [-0.2, -0.15) is 0 Å². The Morgan fingerprint density at radius 2 is 1.81 bits per heavy atom. The molecule has 0 radical (unpaired) electrons. The lowest BCUT2D eigenvalue weighted by atomic mass is 9.94. The Bertz CT molecular complexity index is 1520. The minimum Gasteiger partial charge on any atom is -0.507 e. The SMILES string of the molecule is CCOc1cc([C@H]2C(=C(O)c3ccc(C)cc3)C(=O)C(=O)N2CCc2c[nH]c3ccccc23)ccc1O. The quantitative estimate of drug-likeness (QED) is 0.184. The van der Waals surface area contributed by atoms with Crippen LogP contribution in [0.3, 0.4) is 0 Å². The van der Waals surface area contributed by atoms with E-state index in [9.17, 15) is 19.8 Å². The number of nitrogens with one attached hydrogen (secondary N) is 1. The summed E-state index contributed by atoms with van der Waals surface area (Å²) in [6, 6.07) is 18.9. The number of benzene rings is 3. The van der Waals surface area contributed by atoms with E-state index in [1.54, 1.807) is 31.2 Å². The average molecular weight is 497 g/mol. The van der Waals surface area contributed by atoms with Gasteiger partial charge in [0.25, 0.3) is 11.7 Å². The molecule has 1 atom stereocenters. The fourth-order valence-electron chi connectivity index (χ4n) is 4.88. The first-order valence-electron chi connectivity index (χ1n) is 12.2. The maximum absolute atomic E-state index is 13.3. The molecule has 1 aliphatic rings. The van der Waals surface area contributed by atoms with Gasteiger partial charge >= 0.3 is 0 Å². The summed E-state index contributed by atoms with van der Waals surface area (Å²) in [5.74, 6) is -1.45. The van der Waals surface area contributed by atoms with Crippen LogP contribution in [0.5, 0.6) is 11.5 Å². The summed E-state index contributed by atoms with van der Waals surface area (Å²) in [6.07, 6.45) is 2.42. The van der Waals surface area contributed by atoms with Crippen LogP contribution < -0.4 is 4.74 Å². The number of Topliss-reactive ketones (excluding diaryl/α,β-unsaturated/α-hetero) is 1. The highest BCUT2D eigenvalue weighted by Crippen LogP contribution is 2.42. The lowest BCUT2D eigenvalue weighted by Gasteiger charge is -2.26. The lowest BCUT2D eigenvalue weighted by Crippen LogP contribution is -2.31. The van der Waals surface area contributed by atoms with Gasteiger partial charge in [-0.15, -0.1) is 0 Å². The van der Waals surface area contributed by atoms with Crippen molar-refractivity contribution < 1.29 is 24.5 Å². The van der Waals surface area contributed by atoms with Crippen LogP contribution in [0, 0.1) is 6.92 Å². The Hall–Kier alpha value is -4.52. The van der Waals surface area contributed by atoms with Gasteiger partial charge in [0.1, 0.15) is 5.76 Å². The van der Waals surface area contributed by atoms with Crippen molar-refractivity contribution in [2.24, 2.45) is 0 Å². The van der Waals surface area contributed by atoms with Gasteiger partial charge in [0, 0.05) is 29.2 Å². The number of aliphatic hydroxyl groups is 1. The molecule has 188 valence electrons. The number of phenols is 1. The second-order valence-electron chi connectivity index (χ2n) is 9.13. The molecule has 1 saturated heterocycles. The van der Waals surface area contributed by atoms with Crippen molar-refractivity contribution in [3.63, 3.8) is 0 Å². The second kappa shape index (κ2) is 9.85. The number of aromatic hydroxyl groups is 1. The summed E-state index contributed by atoms with van der Waals surface area (Å²) in [7, 11) is 0. The van der Waals surface area contributed by atoms with Gasteiger partial charge in [0.05, 0.1) is 18.2 Å². The van der Waals surface area contributed by atoms with Crippen LogP contribution in [0.15, 0.2) is 78.5 Å².